The van der Waals surface area contributed by atoms with Gasteiger partial charge in [0, 0.05) is 37.1 Å². The summed E-state index contributed by atoms with van der Waals surface area (Å²) >= 11 is 0. The van der Waals surface area contributed by atoms with Gasteiger partial charge in [0.1, 0.15) is 5.56 Å². The Hall–Kier alpha value is -1.62. The molecular formula is C15H23N3O2. The monoisotopic (exact) mass is 277 g/mol. The average Bonchev–Trinajstić information content (AvgIpc) is 2.90. The summed E-state index contributed by atoms with van der Waals surface area (Å²) in [6.07, 6.45) is 4.68. The Kier molecular flexibility index (Phi) is 4.95. The van der Waals surface area contributed by atoms with Gasteiger partial charge in [-0.2, -0.15) is 0 Å². The molecule has 1 unspecified atom stereocenters. The van der Waals surface area contributed by atoms with Crippen molar-refractivity contribution >= 4 is 5.91 Å². The number of aromatic amines is 1. The lowest BCUT2D eigenvalue weighted by Gasteiger charge is -2.25. The molecule has 0 radical (unpaired) electrons. The normalized spacial score (nSPS) is 18.2. The van der Waals surface area contributed by atoms with Gasteiger partial charge in [0.05, 0.1) is 0 Å². The first-order chi connectivity index (χ1) is 9.61. The summed E-state index contributed by atoms with van der Waals surface area (Å²) in [6, 6.07) is 1.83. The molecule has 2 heterocycles. The SMILES string of the molecule is CCCN(CC1CCCN1)C(=O)c1c[nH]c(C)cc1=O. The van der Waals surface area contributed by atoms with Crippen molar-refractivity contribution in [3.05, 3.63) is 33.7 Å². The van der Waals surface area contributed by atoms with E-state index < -0.39 is 0 Å². The Labute approximate surface area is 119 Å². The summed E-state index contributed by atoms with van der Waals surface area (Å²) in [4.78, 5) is 29.2. The van der Waals surface area contributed by atoms with Crippen LogP contribution in [0.3, 0.4) is 0 Å². The molecule has 0 aliphatic carbocycles. The largest absolute Gasteiger partial charge is 0.364 e. The average molecular weight is 277 g/mol. The van der Waals surface area contributed by atoms with Gasteiger partial charge in [-0.05, 0) is 32.7 Å². The van der Waals surface area contributed by atoms with E-state index in [2.05, 4.69) is 10.3 Å². The van der Waals surface area contributed by atoms with Crippen LogP contribution in [-0.2, 0) is 0 Å². The van der Waals surface area contributed by atoms with E-state index in [0.29, 0.717) is 19.1 Å². The fourth-order valence-electron chi connectivity index (χ4n) is 2.63. The molecule has 0 saturated carbocycles. The summed E-state index contributed by atoms with van der Waals surface area (Å²) in [5.41, 5.74) is 0.805. The van der Waals surface area contributed by atoms with E-state index in [1.54, 1.807) is 4.90 Å². The minimum Gasteiger partial charge on any atom is -0.364 e. The smallest absolute Gasteiger partial charge is 0.259 e. The van der Waals surface area contributed by atoms with Gasteiger partial charge < -0.3 is 15.2 Å². The van der Waals surface area contributed by atoms with Crippen molar-refractivity contribution in [1.29, 1.82) is 0 Å². The predicted octanol–water partition coefficient (Wildman–Crippen LogP) is 1.29. The van der Waals surface area contributed by atoms with Gasteiger partial charge in [0.25, 0.3) is 5.91 Å². The molecule has 1 aliphatic rings. The van der Waals surface area contributed by atoms with Gasteiger partial charge in [-0.1, -0.05) is 6.92 Å². The number of aromatic nitrogens is 1. The number of rotatable bonds is 5. The molecule has 1 saturated heterocycles. The molecule has 1 aromatic heterocycles. The van der Waals surface area contributed by atoms with Crippen molar-refractivity contribution in [2.24, 2.45) is 0 Å². The zero-order valence-electron chi connectivity index (χ0n) is 12.2. The van der Waals surface area contributed by atoms with E-state index in [1.807, 2.05) is 13.8 Å². The van der Waals surface area contributed by atoms with Crippen molar-refractivity contribution in [2.75, 3.05) is 19.6 Å². The van der Waals surface area contributed by atoms with Gasteiger partial charge >= 0.3 is 0 Å². The summed E-state index contributed by atoms with van der Waals surface area (Å²) in [7, 11) is 0. The Morgan fingerprint density at radius 3 is 2.90 bits per heavy atom. The molecule has 1 aromatic rings. The second kappa shape index (κ2) is 6.70. The maximum absolute atomic E-state index is 12.5. The molecule has 0 bridgehead atoms. The van der Waals surface area contributed by atoms with Crippen molar-refractivity contribution in [2.45, 2.75) is 39.2 Å². The lowest BCUT2D eigenvalue weighted by Crippen LogP contribution is -2.42. The summed E-state index contributed by atoms with van der Waals surface area (Å²) in [5, 5.41) is 3.40. The lowest BCUT2D eigenvalue weighted by atomic mass is 10.1. The number of carbonyl (C=O) groups is 1. The lowest BCUT2D eigenvalue weighted by molar-refractivity contribution is 0.0740. The summed E-state index contributed by atoms with van der Waals surface area (Å²) in [5.74, 6) is -0.165. The van der Waals surface area contributed by atoms with Gasteiger partial charge in [-0.15, -0.1) is 0 Å². The Balaban J connectivity index is 2.14. The molecule has 1 atom stereocenters. The molecule has 110 valence electrons. The van der Waals surface area contributed by atoms with Crippen LogP contribution < -0.4 is 10.7 Å². The highest BCUT2D eigenvalue weighted by atomic mass is 16.2. The molecular weight excluding hydrogens is 254 g/mol. The molecule has 5 heteroatoms. The Bertz CT molecular complexity index is 518. The van der Waals surface area contributed by atoms with Crippen LogP contribution >= 0.6 is 0 Å². The Morgan fingerprint density at radius 1 is 1.50 bits per heavy atom. The fourth-order valence-corrected chi connectivity index (χ4v) is 2.63. The molecule has 0 aromatic carbocycles. The number of nitrogens with zero attached hydrogens (tertiary/aromatic N) is 1. The van der Waals surface area contributed by atoms with Crippen molar-refractivity contribution < 1.29 is 4.79 Å². The van der Waals surface area contributed by atoms with Gasteiger partial charge in [-0.3, -0.25) is 9.59 Å². The van der Waals surface area contributed by atoms with Crippen molar-refractivity contribution in [3.63, 3.8) is 0 Å². The number of H-pyrrole nitrogens is 1. The molecule has 20 heavy (non-hydrogen) atoms. The number of aryl methyl sites for hydroxylation is 1. The number of nitrogens with one attached hydrogen (secondary N) is 2. The third kappa shape index (κ3) is 3.48. The first-order valence-corrected chi connectivity index (χ1v) is 7.33. The number of pyridine rings is 1. The third-order valence-corrected chi connectivity index (χ3v) is 3.67. The fraction of sp³-hybridized carbons (Fsp3) is 0.600. The molecule has 0 spiro atoms. The van der Waals surface area contributed by atoms with E-state index >= 15 is 0 Å². The van der Waals surface area contributed by atoms with Gasteiger partial charge in [-0.25, -0.2) is 0 Å². The van der Waals surface area contributed by atoms with Crippen molar-refractivity contribution in [1.82, 2.24) is 15.2 Å². The quantitative estimate of drug-likeness (QED) is 0.852. The van der Waals surface area contributed by atoms with Crippen LogP contribution in [0.25, 0.3) is 0 Å². The highest BCUT2D eigenvalue weighted by Gasteiger charge is 2.23. The molecule has 5 nitrogen and oxygen atoms in total. The molecule has 2 rings (SSSR count). The maximum atomic E-state index is 12.5. The minimum atomic E-state index is -0.202. The highest BCUT2D eigenvalue weighted by Crippen LogP contribution is 2.09. The molecule has 2 N–H and O–H groups in total. The number of carbonyl (C=O) groups excluding carboxylic acids is 1. The van der Waals surface area contributed by atoms with Crippen LogP contribution in [0.1, 0.15) is 42.2 Å². The van der Waals surface area contributed by atoms with Crippen LogP contribution in [0, 0.1) is 6.92 Å². The van der Waals surface area contributed by atoms with E-state index in [0.717, 1.165) is 31.5 Å². The minimum absolute atomic E-state index is 0.165. The predicted molar refractivity (Wildman–Crippen MR) is 79.0 cm³/mol. The van der Waals surface area contributed by atoms with Crippen LogP contribution in [0.4, 0.5) is 0 Å². The number of hydrogen-bond donors (Lipinski definition) is 2. The van der Waals surface area contributed by atoms with E-state index in [-0.39, 0.29) is 16.9 Å². The summed E-state index contributed by atoms with van der Waals surface area (Å²) < 4.78 is 0. The molecule has 1 aliphatic heterocycles. The van der Waals surface area contributed by atoms with Crippen LogP contribution in [0.2, 0.25) is 0 Å². The first-order valence-electron chi connectivity index (χ1n) is 7.33. The third-order valence-electron chi connectivity index (χ3n) is 3.67. The molecule has 1 amide bonds. The number of amides is 1. The molecule has 1 fully saturated rings. The van der Waals surface area contributed by atoms with E-state index in [1.165, 1.54) is 12.3 Å². The number of hydrogen-bond acceptors (Lipinski definition) is 3. The van der Waals surface area contributed by atoms with Gasteiger partial charge in [0.15, 0.2) is 5.43 Å². The van der Waals surface area contributed by atoms with E-state index in [9.17, 15) is 9.59 Å². The zero-order chi connectivity index (χ0) is 14.5. The zero-order valence-corrected chi connectivity index (χ0v) is 12.2. The van der Waals surface area contributed by atoms with Crippen LogP contribution in [-0.4, -0.2) is 41.5 Å². The highest BCUT2D eigenvalue weighted by molar-refractivity contribution is 5.93. The second-order valence-electron chi connectivity index (χ2n) is 5.44. The first kappa shape index (κ1) is 14.8. The van der Waals surface area contributed by atoms with Crippen molar-refractivity contribution in [3.8, 4) is 0 Å². The topological polar surface area (TPSA) is 65.2 Å². The van der Waals surface area contributed by atoms with Crippen LogP contribution in [0.15, 0.2) is 17.1 Å². The Morgan fingerprint density at radius 2 is 2.30 bits per heavy atom. The maximum Gasteiger partial charge on any atom is 0.259 e. The van der Waals surface area contributed by atoms with Gasteiger partial charge in [0.2, 0.25) is 0 Å². The van der Waals surface area contributed by atoms with E-state index in [4.69, 9.17) is 0 Å². The second-order valence-corrected chi connectivity index (χ2v) is 5.44. The standard InChI is InChI=1S/C15H23N3O2/c1-3-7-18(10-12-5-4-6-16-12)15(20)13-9-17-11(2)8-14(13)19/h8-9,12,16H,3-7,10H2,1-2H3,(H,17,19). The summed E-state index contributed by atoms with van der Waals surface area (Å²) in [6.45, 7) is 6.23. The van der Waals surface area contributed by atoms with Crippen LogP contribution in [0.5, 0.6) is 0 Å².